The SMILES string of the molecule is CC(Cc1c(F)cccc1F)NS(=O)(=O)CCCCCl. The van der Waals surface area contributed by atoms with E-state index in [2.05, 4.69) is 4.72 Å². The highest BCUT2D eigenvalue weighted by atomic mass is 35.5. The van der Waals surface area contributed by atoms with Gasteiger partial charge in [0.05, 0.1) is 5.75 Å². The minimum absolute atomic E-state index is 0.0345. The Bertz CT molecular complexity index is 517. The van der Waals surface area contributed by atoms with Crippen LogP contribution in [0.1, 0.15) is 25.3 Å². The zero-order chi connectivity index (χ0) is 15.2. The number of hydrogen-bond donors (Lipinski definition) is 1. The van der Waals surface area contributed by atoms with Crippen LogP contribution in [0.4, 0.5) is 8.78 Å². The van der Waals surface area contributed by atoms with E-state index in [1.165, 1.54) is 6.07 Å². The Labute approximate surface area is 123 Å². The Kier molecular flexibility index (Phi) is 6.85. The van der Waals surface area contributed by atoms with Crippen molar-refractivity contribution in [1.29, 1.82) is 0 Å². The number of hydrogen-bond acceptors (Lipinski definition) is 2. The molecule has 1 N–H and O–H groups in total. The smallest absolute Gasteiger partial charge is 0.211 e. The fourth-order valence-corrected chi connectivity index (χ4v) is 3.41. The second-order valence-corrected chi connectivity index (χ2v) is 6.89. The van der Waals surface area contributed by atoms with Crippen molar-refractivity contribution in [3.8, 4) is 0 Å². The van der Waals surface area contributed by atoms with Crippen LogP contribution in [-0.4, -0.2) is 26.1 Å². The van der Waals surface area contributed by atoms with Gasteiger partial charge in [0.2, 0.25) is 10.0 Å². The number of alkyl halides is 1. The Hall–Kier alpha value is -0.720. The number of halogens is 3. The quantitative estimate of drug-likeness (QED) is 0.590. The van der Waals surface area contributed by atoms with Crippen LogP contribution in [0.2, 0.25) is 0 Å². The summed E-state index contributed by atoms with van der Waals surface area (Å²) in [5, 5.41) is 0. The van der Waals surface area contributed by atoms with E-state index in [1.807, 2.05) is 0 Å². The molecule has 0 radical (unpaired) electrons. The summed E-state index contributed by atoms with van der Waals surface area (Å²) >= 11 is 5.48. The van der Waals surface area contributed by atoms with Gasteiger partial charge in [-0.05, 0) is 38.3 Å². The Morgan fingerprint density at radius 2 is 1.85 bits per heavy atom. The molecule has 0 bridgehead atoms. The van der Waals surface area contributed by atoms with E-state index in [0.29, 0.717) is 18.7 Å². The molecule has 3 nitrogen and oxygen atoms in total. The molecule has 1 aromatic carbocycles. The predicted octanol–water partition coefficient (Wildman–Crippen LogP) is 2.83. The maximum Gasteiger partial charge on any atom is 0.211 e. The van der Waals surface area contributed by atoms with Gasteiger partial charge in [0.25, 0.3) is 0 Å². The van der Waals surface area contributed by atoms with Crippen molar-refractivity contribution in [3.05, 3.63) is 35.4 Å². The van der Waals surface area contributed by atoms with Crippen molar-refractivity contribution in [3.63, 3.8) is 0 Å². The number of nitrogens with one attached hydrogen (secondary N) is 1. The van der Waals surface area contributed by atoms with E-state index in [-0.39, 0.29) is 17.7 Å². The average molecular weight is 326 g/mol. The highest BCUT2D eigenvalue weighted by Crippen LogP contribution is 2.14. The lowest BCUT2D eigenvalue weighted by Crippen LogP contribution is -2.36. The molecule has 0 heterocycles. The molecule has 1 unspecified atom stereocenters. The fraction of sp³-hybridized carbons (Fsp3) is 0.538. The van der Waals surface area contributed by atoms with Crippen molar-refractivity contribution in [2.75, 3.05) is 11.6 Å². The van der Waals surface area contributed by atoms with Crippen LogP contribution in [0.25, 0.3) is 0 Å². The van der Waals surface area contributed by atoms with Gasteiger partial charge in [-0.15, -0.1) is 11.6 Å². The van der Waals surface area contributed by atoms with Gasteiger partial charge in [0, 0.05) is 17.5 Å². The Balaban J connectivity index is 2.61. The number of rotatable bonds is 8. The molecule has 0 saturated heterocycles. The van der Waals surface area contributed by atoms with E-state index in [0.717, 1.165) is 12.1 Å². The monoisotopic (exact) mass is 325 g/mol. The topological polar surface area (TPSA) is 46.2 Å². The molecule has 0 amide bonds. The van der Waals surface area contributed by atoms with Gasteiger partial charge in [0.15, 0.2) is 0 Å². The molecular weight excluding hydrogens is 308 g/mol. The van der Waals surface area contributed by atoms with Crippen LogP contribution >= 0.6 is 11.6 Å². The van der Waals surface area contributed by atoms with Crippen LogP contribution < -0.4 is 4.72 Å². The van der Waals surface area contributed by atoms with E-state index in [9.17, 15) is 17.2 Å². The Morgan fingerprint density at radius 1 is 1.25 bits per heavy atom. The lowest BCUT2D eigenvalue weighted by atomic mass is 10.1. The third kappa shape index (κ3) is 5.73. The molecule has 0 saturated carbocycles. The first-order valence-corrected chi connectivity index (χ1v) is 8.53. The normalized spacial score (nSPS) is 13.4. The molecule has 0 fully saturated rings. The zero-order valence-corrected chi connectivity index (χ0v) is 12.8. The van der Waals surface area contributed by atoms with Gasteiger partial charge in [0.1, 0.15) is 11.6 Å². The first-order valence-electron chi connectivity index (χ1n) is 6.34. The first-order chi connectivity index (χ1) is 9.35. The molecule has 1 aromatic rings. The summed E-state index contributed by atoms with van der Waals surface area (Å²) < 4.78 is 52.8. The standard InChI is InChI=1S/C13H18ClF2NO2S/c1-10(17-20(18,19)8-3-2-7-14)9-11-12(15)5-4-6-13(11)16/h4-6,10,17H,2-3,7-9H2,1H3. The summed E-state index contributed by atoms with van der Waals surface area (Å²) in [6.07, 6.45) is 1.03. The lowest BCUT2D eigenvalue weighted by Gasteiger charge is -2.15. The second kappa shape index (κ2) is 7.90. The first kappa shape index (κ1) is 17.3. The van der Waals surface area contributed by atoms with E-state index < -0.39 is 27.7 Å². The number of unbranched alkanes of at least 4 members (excludes halogenated alkanes) is 1. The van der Waals surface area contributed by atoms with Crippen LogP contribution in [0.5, 0.6) is 0 Å². The maximum absolute atomic E-state index is 13.5. The van der Waals surface area contributed by atoms with Gasteiger partial charge in [-0.25, -0.2) is 21.9 Å². The largest absolute Gasteiger partial charge is 0.212 e. The molecule has 0 aromatic heterocycles. The second-order valence-electron chi connectivity index (χ2n) is 4.64. The summed E-state index contributed by atoms with van der Waals surface area (Å²) in [7, 11) is -3.45. The summed E-state index contributed by atoms with van der Waals surface area (Å²) in [5.41, 5.74) is -0.108. The molecule has 0 aliphatic carbocycles. The van der Waals surface area contributed by atoms with Gasteiger partial charge < -0.3 is 0 Å². The molecule has 114 valence electrons. The maximum atomic E-state index is 13.5. The van der Waals surface area contributed by atoms with Crippen LogP contribution in [0.15, 0.2) is 18.2 Å². The van der Waals surface area contributed by atoms with E-state index >= 15 is 0 Å². The molecule has 7 heteroatoms. The van der Waals surface area contributed by atoms with Crippen molar-refractivity contribution in [2.45, 2.75) is 32.2 Å². The van der Waals surface area contributed by atoms with Crippen molar-refractivity contribution in [2.24, 2.45) is 0 Å². The molecule has 0 aliphatic heterocycles. The molecule has 1 rings (SSSR count). The third-order valence-corrected chi connectivity index (χ3v) is 4.60. The molecule has 20 heavy (non-hydrogen) atoms. The number of sulfonamides is 1. The summed E-state index contributed by atoms with van der Waals surface area (Å²) in [4.78, 5) is 0. The van der Waals surface area contributed by atoms with Crippen molar-refractivity contribution in [1.82, 2.24) is 4.72 Å². The van der Waals surface area contributed by atoms with Gasteiger partial charge in [-0.3, -0.25) is 0 Å². The minimum atomic E-state index is -3.45. The molecule has 0 spiro atoms. The summed E-state index contributed by atoms with van der Waals surface area (Å²) in [5.74, 6) is -0.966. The van der Waals surface area contributed by atoms with Gasteiger partial charge in [-0.2, -0.15) is 0 Å². The zero-order valence-electron chi connectivity index (χ0n) is 11.2. The van der Waals surface area contributed by atoms with Crippen LogP contribution in [-0.2, 0) is 16.4 Å². The number of benzene rings is 1. The average Bonchev–Trinajstić information content (AvgIpc) is 2.33. The highest BCUT2D eigenvalue weighted by Gasteiger charge is 2.17. The molecule has 0 aliphatic rings. The fourth-order valence-electron chi connectivity index (χ4n) is 1.83. The lowest BCUT2D eigenvalue weighted by molar-refractivity contribution is 0.522. The summed E-state index contributed by atoms with van der Waals surface area (Å²) in [6.45, 7) is 1.57. The van der Waals surface area contributed by atoms with Crippen LogP contribution in [0.3, 0.4) is 0 Å². The van der Waals surface area contributed by atoms with Crippen molar-refractivity contribution >= 4 is 21.6 Å². The van der Waals surface area contributed by atoms with Crippen molar-refractivity contribution < 1.29 is 17.2 Å². The highest BCUT2D eigenvalue weighted by molar-refractivity contribution is 7.89. The Morgan fingerprint density at radius 3 is 2.40 bits per heavy atom. The summed E-state index contributed by atoms with van der Waals surface area (Å²) in [6, 6.07) is 3.00. The van der Waals surface area contributed by atoms with Crippen LogP contribution in [0, 0.1) is 11.6 Å². The van der Waals surface area contributed by atoms with Gasteiger partial charge >= 0.3 is 0 Å². The molecule has 1 atom stereocenters. The van der Waals surface area contributed by atoms with E-state index in [4.69, 9.17) is 11.6 Å². The predicted molar refractivity (Wildman–Crippen MR) is 76.4 cm³/mol. The minimum Gasteiger partial charge on any atom is -0.212 e. The van der Waals surface area contributed by atoms with E-state index in [1.54, 1.807) is 6.92 Å². The third-order valence-electron chi connectivity index (χ3n) is 2.75. The molecular formula is C13H18ClF2NO2S. The van der Waals surface area contributed by atoms with Gasteiger partial charge in [-0.1, -0.05) is 6.07 Å².